The topological polar surface area (TPSA) is 87.0 Å². The summed E-state index contributed by atoms with van der Waals surface area (Å²) < 4.78 is 5.05. The largest absolute Gasteiger partial charge is 0.361 e. The first-order valence-electron chi connectivity index (χ1n) is 10.4. The van der Waals surface area contributed by atoms with Gasteiger partial charge in [-0.3, -0.25) is 14.4 Å². The van der Waals surface area contributed by atoms with Crippen molar-refractivity contribution in [3.63, 3.8) is 0 Å². The minimum Gasteiger partial charge on any atom is -0.361 e. The molecule has 3 aliphatic rings. The van der Waals surface area contributed by atoms with Crippen LogP contribution in [0.2, 0.25) is 0 Å². The summed E-state index contributed by atoms with van der Waals surface area (Å²) in [6, 6.07) is 1.67. The van der Waals surface area contributed by atoms with Gasteiger partial charge in [0.15, 0.2) is 5.69 Å². The fourth-order valence-corrected chi connectivity index (χ4v) is 5.98. The van der Waals surface area contributed by atoms with Gasteiger partial charge in [-0.05, 0) is 43.9 Å². The summed E-state index contributed by atoms with van der Waals surface area (Å²) in [5, 5.41) is 3.86. The zero-order valence-corrected chi connectivity index (χ0v) is 17.7. The third-order valence-electron chi connectivity index (χ3n) is 7.52. The Bertz CT molecular complexity index is 839. The zero-order chi connectivity index (χ0) is 21.0. The third kappa shape index (κ3) is 3.04. The number of rotatable bonds is 2. The van der Waals surface area contributed by atoms with Crippen LogP contribution in [-0.2, 0) is 9.59 Å². The molecule has 2 atom stereocenters. The summed E-state index contributed by atoms with van der Waals surface area (Å²) in [7, 11) is 3.60. The number of likely N-dealkylation sites (tertiary alicyclic amines) is 2. The lowest BCUT2D eigenvalue weighted by Gasteiger charge is -2.44. The number of aryl methyl sites for hydroxylation is 1. The van der Waals surface area contributed by atoms with Gasteiger partial charge in [0.05, 0.1) is 5.41 Å². The van der Waals surface area contributed by atoms with Crippen molar-refractivity contribution in [2.45, 2.75) is 39.5 Å². The van der Waals surface area contributed by atoms with E-state index in [1.165, 1.54) is 0 Å². The fraction of sp³-hybridized carbons (Fsp3) is 0.714. The number of hydrogen-bond acceptors (Lipinski definition) is 5. The van der Waals surface area contributed by atoms with E-state index in [1.54, 1.807) is 38.9 Å². The van der Waals surface area contributed by atoms with Crippen LogP contribution in [0.25, 0.3) is 0 Å². The van der Waals surface area contributed by atoms with Crippen LogP contribution in [0.5, 0.6) is 0 Å². The molecule has 1 spiro atoms. The van der Waals surface area contributed by atoms with E-state index in [1.807, 2.05) is 9.80 Å². The van der Waals surface area contributed by atoms with E-state index in [0.29, 0.717) is 37.6 Å². The number of nitrogens with zero attached hydrogens (tertiary/aromatic N) is 4. The molecule has 1 saturated carbocycles. The van der Waals surface area contributed by atoms with E-state index in [9.17, 15) is 14.4 Å². The Kier molecular flexibility index (Phi) is 4.70. The van der Waals surface area contributed by atoms with Gasteiger partial charge in [0.2, 0.25) is 11.8 Å². The summed E-state index contributed by atoms with van der Waals surface area (Å²) in [5.74, 6) is 0.858. The fourth-order valence-electron chi connectivity index (χ4n) is 5.98. The monoisotopic (exact) mass is 402 g/mol. The molecule has 0 N–H and O–H groups in total. The van der Waals surface area contributed by atoms with Crippen LogP contribution in [0, 0.1) is 23.7 Å². The van der Waals surface area contributed by atoms with Gasteiger partial charge in [-0.1, -0.05) is 5.16 Å². The lowest BCUT2D eigenvalue weighted by Crippen LogP contribution is -2.49. The Morgan fingerprint density at radius 1 is 1.14 bits per heavy atom. The maximum Gasteiger partial charge on any atom is 0.276 e. The molecular weight excluding hydrogens is 372 g/mol. The van der Waals surface area contributed by atoms with Crippen molar-refractivity contribution in [3.05, 3.63) is 17.5 Å². The Hall–Kier alpha value is -2.38. The highest BCUT2D eigenvalue weighted by Crippen LogP contribution is 2.62. The molecule has 158 valence electrons. The van der Waals surface area contributed by atoms with Crippen molar-refractivity contribution in [1.82, 2.24) is 19.9 Å². The third-order valence-corrected chi connectivity index (χ3v) is 7.52. The van der Waals surface area contributed by atoms with Gasteiger partial charge in [0.1, 0.15) is 5.76 Å². The number of fused-ring (bicyclic) bond motifs is 2. The minimum atomic E-state index is -0.482. The van der Waals surface area contributed by atoms with Crippen LogP contribution < -0.4 is 0 Å². The predicted octanol–water partition coefficient (Wildman–Crippen LogP) is 1.55. The smallest absolute Gasteiger partial charge is 0.276 e. The van der Waals surface area contributed by atoms with E-state index >= 15 is 0 Å². The lowest BCUT2D eigenvalue weighted by atomic mass is 9.65. The molecule has 1 aliphatic carbocycles. The zero-order valence-electron chi connectivity index (χ0n) is 17.7. The van der Waals surface area contributed by atoms with Crippen LogP contribution in [-0.4, -0.2) is 77.9 Å². The number of aromatic nitrogens is 1. The first-order valence-corrected chi connectivity index (χ1v) is 10.4. The average molecular weight is 402 g/mol. The average Bonchev–Trinajstić information content (AvgIpc) is 3.36. The molecule has 1 aromatic heterocycles. The van der Waals surface area contributed by atoms with E-state index in [2.05, 4.69) is 5.16 Å². The standard InChI is InChI=1S/C21H30N4O4/c1-14-11-16(22-29-14)18(27)24-9-7-20(8-10-24)5-6-21(19(28)23(3)4)13-25(15(2)26)12-17(20)21/h11,17H,5-10,12-13H2,1-4H3/t17-,21+/m0/s1. The van der Waals surface area contributed by atoms with E-state index in [4.69, 9.17) is 4.52 Å². The summed E-state index contributed by atoms with van der Waals surface area (Å²) >= 11 is 0. The van der Waals surface area contributed by atoms with Crippen molar-refractivity contribution in [1.29, 1.82) is 0 Å². The van der Waals surface area contributed by atoms with Gasteiger partial charge >= 0.3 is 0 Å². The Balaban J connectivity index is 1.54. The SMILES string of the molecule is CC(=O)N1C[C@H]2C3(CCN(C(=O)c4cc(C)on4)CC3)CC[C@@]2(C(=O)N(C)C)C1. The number of carbonyl (C=O) groups excluding carboxylic acids is 3. The van der Waals surface area contributed by atoms with Crippen molar-refractivity contribution >= 4 is 17.7 Å². The molecule has 2 saturated heterocycles. The maximum atomic E-state index is 13.2. The van der Waals surface area contributed by atoms with Gasteiger partial charge in [-0.2, -0.15) is 0 Å². The normalized spacial score (nSPS) is 27.9. The van der Waals surface area contributed by atoms with Crippen LogP contribution >= 0.6 is 0 Å². The van der Waals surface area contributed by atoms with Gasteiger partial charge in [-0.25, -0.2) is 0 Å². The molecule has 0 aromatic carbocycles. The van der Waals surface area contributed by atoms with Gasteiger partial charge < -0.3 is 19.2 Å². The molecule has 8 nitrogen and oxygen atoms in total. The van der Waals surface area contributed by atoms with Crippen molar-refractivity contribution in [3.8, 4) is 0 Å². The second-order valence-electron chi connectivity index (χ2n) is 9.29. The van der Waals surface area contributed by atoms with Crippen LogP contribution in [0.3, 0.4) is 0 Å². The molecule has 0 radical (unpaired) electrons. The van der Waals surface area contributed by atoms with Crippen molar-refractivity contribution in [2.24, 2.45) is 16.7 Å². The Morgan fingerprint density at radius 3 is 2.38 bits per heavy atom. The highest BCUT2D eigenvalue weighted by molar-refractivity contribution is 5.92. The van der Waals surface area contributed by atoms with E-state index < -0.39 is 5.41 Å². The maximum absolute atomic E-state index is 13.2. The van der Waals surface area contributed by atoms with E-state index in [0.717, 1.165) is 25.7 Å². The number of carbonyl (C=O) groups is 3. The summed E-state index contributed by atoms with van der Waals surface area (Å²) in [6.07, 6.45) is 3.51. The molecule has 4 rings (SSSR count). The van der Waals surface area contributed by atoms with Crippen molar-refractivity contribution < 1.29 is 18.9 Å². The van der Waals surface area contributed by atoms with Crippen molar-refractivity contribution in [2.75, 3.05) is 40.3 Å². The molecule has 3 heterocycles. The number of piperidine rings is 1. The van der Waals surface area contributed by atoms with Crippen LogP contribution in [0.15, 0.2) is 10.6 Å². The number of amides is 3. The molecule has 0 unspecified atom stereocenters. The molecule has 2 aliphatic heterocycles. The second kappa shape index (κ2) is 6.85. The molecular formula is C21H30N4O4. The molecule has 3 amide bonds. The molecule has 1 aromatic rings. The molecule has 8 heteroatoms. The lowest BCUT2D eigenvalue weighted by molar-refractivity contribution is -0.141. The highest BCUT2D eigenvalue weighted by Gasteiger charge is 2.65. The first kappa shape index (κ1) is 19.9. The predicted molar refractivity (Wildman–Crippen MR) is 105 cm³/mol. The minimum absolute atomic E-state index is 0.00634. The molecule has 0 bridgehead atoms. The van der Waals surface area contributed by atoms with Gasteiger partial charge in [0.25, 0.3) is 5.91 Å². The summed E-state index contributed by atoms with van der Waals surface area (Å²) in [6.45, 7) is 5.82. The quantitative estimate of drug-likeness (QED) is 0.749. The number of hydrogen-bond donors (Lipinski definition) is 0. The summed E-state index contributed by atoms with van der Waals surface area (Å²) in [5.41, 5.74) is -0.123. The van der Waals surface area contributed by atoms with Gasteiger partial charge in [-0.15, -0.1) is 0 Å². The Morgan fingerprint density at radius 2 is 1.83 bits per heavy atom. The van der Waals surface area contributed by atoms with E-state index in [-0.39, 0.29) is 29.1 Å². The Labute approximate surface area is 171 Å². The summed E-state index contributed by atoms with van der Waals surface area (Å²) in [4.78, 5) is 43.4. The first-order chi connectivity index (χ1) is 13.7. The van der Waals surface area contributed by atoms with Crippen LogP contribution in [0.1, 0.15) is 48.9 Å². The second-order valence-corrected chi connectivity index (χ2v) is 9.29. The van der Waals surface area contributed by atoms with Gasteiger partial charge in [0, 0.05) is 53.3 Å². The molecule has 29 heavy (non-hydrogen) atoms. The van der Waals surface area contributed by atoms with Crippen LogP contribution in [0.4, 0.5) is 0 Å². The highest BCUT2D eigenvalue weighted by atomic mass is 16.5. The molecule has 3 fully saturated rings.